The summed E-state index contributed by atoms with van der Waals surface area (Å²) < 4.78 is 7.40. The molecule has 0 unspecified atom stereocenters. The number of piperazine rings is 1. The number of fused-ring (bicyclic) bond motifs is 1. The van der Waals surface area contributed by atoms with Crippen LogP contribution in [-0.2, 0) is 11.3 Å². The van der Waals surface area contributed by atoms with Crippen molar-refractivity contribution in [1.82, 2.24) is 14.4 Å². The van der Waals surface area contributed by atoms with Crippen LogP contribution in [0.15, 0.2) is 35.0 Å². The van der Waals surface area contributed by atoms with Gasteiger partial charge in [-0.15, -0.1) is 11.6 Å². The number of furan rings is 1. The van der Waals surface area contributed by atoms with Crippen molar-refractivity contribution in [3.05, 3.63) is 36.2 Å². The van der Waals surface area contributed by atoms with E-state index in [1.165, 1.54) is 0 Å². The number of aromatic nitrogens is 1. The summed E-state index contributed by atoms with van der Waals surface area (Å²) in [6.07, 6.45) is 1.62. The highest BCUT2D eigenvalue weighted by atomic mass is 35.5. The van der Waals surface area contributed by atoms with Gasteiger partial charge in [-0.2, -0.15) is 0 Å². The van der Waals surface area contributed by atoms with Crippen molar-refractivity contribution < 1.29 is 14.0 Å². The third kappa shape index (κ3) is 3.31. The molecule has 3 rings (SSSR count). The monoisotopic (exact) mass is 363 g/mol. The largest absolute Gasteiger partial charge is 0.448 e. The lowest BCUT2D eigenvalue weighted by atomic mass is 10.1. The second-order valence-corrected chi connectivity index (χ2v) is 6.84. The maximum atomic E-state index is 13.1. The summed E-state index contributed by atoms with van der Waals surface area (Å²) >= 11 is 5.65. The fourth-order valence-electron chi connectivity index (χ4n) is 3.33. The zero-order valence-corrected chi connectivity index (χ0v) is 15.3. The normalized spacial score (nSPS) is 18.0. The van der Waals surface area contributed by atoms with Crippen LogP contribution in [0.25, 0.3) is 11.1 Å². The number of alkyl halides is 1. The first-order valence-electron chi connectivity index (χ1n) is 8.28. The SMILES string of the molecule is C=C(C)Cn1c(C(=O)N2CCN(C(=O)CCl)[C@H](C)C2)cc2ccoc21. The van der Waals surface area contributed by atoms with Crippen LogP contribution in [0.1, 0.15) is 24.3 Å². The van der Waals surface area contributed by atoms with E-state index in [0.717, 1.165) is 11.0 Å². The Morgan fingerprint density at radius 3 is 2.80 bits per heavy atom. The van der Waals surface area contributed by atoms with Crippen LogP contribution in [0.2, 0.25) is 0 Å². The first kappa shape index (κ1) is 17.6. The fraction of sp³-hybridized carbons (Fsp3) is 0.444. The van der Waals surface area contributed by atoms with E-state index in [4.69, 9.17) is 16.0 Å². The van der Waals surface area contributed by atoms with E-state index in [2.05, 4.69) is 6.58 Å². The number of rotatable bonds is 4. The number of allylic oxidation sites excluding steroid dienone is 1. The van der Waals surface area contributed by atoms with E-state index in [1.807, 2.05) is 30.5 Å². The van der Waals surface area contributed by atoms with Gasteiger partial charge in [0.1, 0.15) is 11.6 Å². The first-order valence-corrected chi connectivity index (χ1v) is 8.81. The molecule has 6 nitrogen and oxygen atoms in total. The van der Waals surface area contributed by atoms with Crippen LogP contribution in [0.5, 0.6) is 0 Å². The summed E-state index contributed by atoms with van der Waals surface area (Å²) in [5, 5.41) is 0.897. The second-order valence-electron chi connectivity index (χ2n) is 6.57. The van der Waals surface area contributed by atoms with Gasteiger partial charge in [0.05, 0.1) is 6.26 Å². The Balaban J connectivity index is 1.84. The van der Waals surface area contributed by atoms with E-state index >= 15 is 0 Å². The molecular weight excluding hydrogens is 342 g/mol. The lowest BCUT2D eigenvalue weighted by Crippen LogP contribution is -2.56. The molecule has 0 spiro atoms. The number of carbonyl (C=O) groups is 2. The van der Waals surface area contributed by atoms with Crippen molar-refractivity contribution in [2.75, 3.05) is 25.5 Å². The molecule has 1 saturated heterocycles. The van der Waals surface area contributed by atoms with Crippen LogP contribution in [-0.4, -0.2) is 57.7 Å². The smallest absolute Gasteiger partial charge is 0.270 e. The highest BCUT2D eigenvalue weighted by molar-refractivity contribution is 6.27. The molecule has 0 saturated carbocycles. The molecule has 3 heterocycles. The van der Waals surface area contributed by atoms with Crippen LogP contribution >= 0.6 is 11.6 Å². The van der Waals surface area contributed by atoms with Crippen LogP contribution in [0.3, 0.4) is 0 Å². The average molecular weight is 364 g/mol. The third-order valence-corrected chi connectivity index (χ3v) is 4.73. The quantitative estimate of drug-likeness (QED) is 0.620. The number of carbonyl (C=O) groups excluding carboxylic acids is 2. The standard InChI is InChI=1S/C18H22ClN3O3/c1-12(2)10-22-15(8-14-4-7-25-18(14)22)17(24)20-5-6-21(13(3)11-20)16(23)9-19/h4,7-8,13H,1,5-6,9-11H2,2-3H3/t13-/m1/s1. The van der Waals surface area contributed by atoms with Crippen molar-refractivity contribution in [1.29, 1.82) is 0 Å². The highest BCUT2D eigenvalue weighted by Crippen LogP contribution is 2.24. The van der Waals surface area contributed by atoms with Crippen molar-refractivity contribution in [3.8, 4) is 0 Å². The minimum atomic E-state index is -0.0931. The molecule has 134 valence electrons. The van der Waals surface area contributed by atoms with E-state index in [-0.39, 0.29) is 23.7 Å². The maximum absolute atomic E-state index is 13.1. The van der Waals surface area contributed by atoms with Crippen molar-refractivity contribution in [2.24, 2.45) is 0 Å². The molecule has 0 radical (unpaired) electrons. The van der Waals surface area contributed by atoms with Crippen LogP contribution in [0.4, 0.5) is 0 Å². The molecule has 1 fully saturated rings. The van der Waals surface area contributed by atoms with E-state index in [9.17, 15) is 9.59 Å². The molecule has 0 aromatic carbocycles. The summed E-state index contributed by atoms with van der Waals surface area (Å²) in [6.45, 7) is 9.79. The van der Waals surface area contributed by atoms with Gasteiger partial charge in [0.2, 0.25) is 11.6 Å². The van der Waals surface area contributed by atoms with E-state index in [1.54, 1.807) is 16.1 Å². The molecule has 0 aliphatic carbocycles. The van der Waals surface area contributed by atoms with E-state index < -0.39 is 0 Å². The Kier molecular flexibility index (Phi) is 4.90. The zero-order chi connectivity index (χ0) is 18.1. The third-order valence-electron chi connectivity index (χ3n) is 4.50. The van der Waals surface area contributed by atoms with Gasteiger partial charge in [0, 0.05) is 37.6 Å². The summed E-state index contributed by atoms with van der Waals surface area (Å²) in [7, 11) is 0. The van der Waals surface area contributed by atoms with Gasteiger partial charge in [-0.3, -0.25) is 9.59 Å². The Labute approximate surface area is 151 Å². The van der Waals surface area contributed by atoms with Crippen LogP contribution < -0.4 is 0 Å². The minimum Gasteiger partial charge on any atom is -0.448 e. The number of nitrogens with zero attached hydrogens (tertiary/aromatic N) is 3. The minimum absolute atomic E-state index is 0.0316. The van der Waals surface area contributed by atoms with Gasteiger partial charge in [0.15, 0.2) is 0 Å². The molecule has 1 aliphatic heterocycles. The zero-order valence-electron chi connectivity index (χ0n) is 14.5. The molecule has 2 aromatic heterocycles. The highest BCUT2D eigenvalue weighted by Gasteiger charge is 2.31. The predicted molar refractivity (Wildman–Crippen MR) is 96.8 cm³/mol. The molecule has 25 heavy (non-hydrogen) atoms. The average Bonchev–Trinajstić information content (AvgIpc) is 3.15. The Morgan fingerprint density at radius 1 is 1.40 bits per heavy atom. The fourth-order valence-corrected chi connectivity index (χ4v) is 3.48. The van der Waals surface area contributed by atoms with Gasteiger partial charge in [-0.1, -0.05) is 12.2 Å². The summed E-state index contributed by atoms with van der Waals surface area (Å²) in [5.74, 6) is -0.183. The molecule has 0 N–H and O–H groups in total. The van der Waals surface area contributed by atoms with Crippen LogP contribution in [0, 0.1) is 0 Å². The number of amides is 2. The van der Waals surface area contributed by atoms with Gasteiger partial charge in [-0.25, -0.2) is 0 Å². The molecular formula is C18H22ClN3O3. The molecule has 1 atom stereocenters. The van der Waals surface area contributed by atoms with Crippen molar-refractivity contribution >= 4 is 34.5 Å². The van der Waals surface area contributed by atoms with Gasteiger partial charge < -0.3 is 18.8 Å². The Hall–Kier alpha value is -2.21. The van der Waals surface area contributed by atoms with Gasteiger partial charge in [-0.05, 0) is 26.0 Å². The second kappa shape index (κ2) is 6.96. The Morgan fingerprint density at radius 2 is 2.16 bits per heavy atom. The summed E-state index contributed by atoms with van der Waals surface area (Å²) in [6, 6.07) is 3.64. The molecule has 0 bridgehead atoms. The summed E-state index contributed by atoms with van der Waals surface area (Å²) in [4.78, 5) is 28.4. The van der Waals surface area contributed by atoms with Gasteiger partial charge >= 0.3 is 0 Å². The van der Waals surface area contributed by atoms with Gasteiger partial charge in [0.25, 0.3) is 5.91 Å². The molecule has 2 amide bonds. The number of halogens is 1. The molecule has 1 aliphatic rings. The number of hydrogen-bond acceptors (Lipinski definition) is 3. The van der Waals surface area contributed by atoms with Crippen molar-refractivity contribution in [2.45, 2.75) is 26.4 Å². The summed E-state index contributed by atoms with van der Waals surface area (Å²) in [5.41, 5.74) is 2.20. The molecule has 2 aromatic rings. The first-order chi connectivity index (χ1) is 11.9. The topological polar surface area (TPSA) is 58.7 Å². The number of hydrogen-bond donors (Lipinski definition) is 0. The Bertz CT molecular complexity index is 823. The lowest BCUT2D eigenvalue weighted by molar-refractivity contribution is -0.132. The lowest BCUT2D eigenvalue weighted by Gasteiger charge is -2.39. The maximum Gasteiger partial charge on any atom is 0.270 e. The van der Waals surface area contributed by atoms with E-state index in [0.29, 0.717) is 37.6 Å². The van der Waals surface area contributed by atoms with Crippen molar-refractivity contribution in [3.63, 3.8) is 0 Å². The molecule has 7 heteroatoms. The predicted octanol–water partition coefficient (Wildman–Crippen LogP) is 2.72.